The van der Waals surface area contributed by atoms with Crippen molar-refractivity contribution in [3.05, 3.63) is 53.1 Å². The summed E-state index contributed by atoms with van der Waals surface area (Å²) in [6.45, 7) is 0. The predicted octanol–water partition coefficient (Wildman–Crippen LogP) is 3.08. The van der Waals surface area contributed by atoms with Crippen molar-refractivity contribution in [1.82, 2.24) is 15.2 Å². The van der Waals surface area contributed by atoms with Crippen molar-refractivity contribution in [3.8, 4) is 11.3 Å². The number of aromatic amines is 1. The van der Waals surface area contributed by atoms with E-state index in [2.05, 4.69) is 31.1 Å². The normalized spacial score (nSPS) is 9.89. The zero-order chi connectivity index (χ0) is 13.0. The first kappa shape index (κ1) is 12.5. The second-order valence-electron chi connectivity index (χ2n) is 3.46. The number of nitrogen functional groups attached to an aromatic ring is 1. The van der Waals surface area contributed by atoms with Gasteiger partial charge in [-0.1, -0.05) is 0 Å². The molecule has 4 nitrogen and oxygen atoms in total. The lowest BCUT2D eigenvalue weighted by molar-refractivity contribution is 0.628. The first-order chi connectivity index (χ1) is 8.68. The summed E-state index contributed by atoms with van der Waals surface area (Å²) in [6, 6.07) is 7.63. The molecular weight excluding hydrogens is 299 g/mol. The highest BCUT2D eigenvalue weighted by Crippen LogP contribution is 2.28. The first-order valence-corrected chi connectivity index (χ1v) is 5.91. The molecule has 1 aromatic heterocycles. The molecule has 0 radical (unpaired) electrons. The fourth-order valence-corrected chi connectivity index (χ4v) is 1.80. The fourth-order valence-electron chi connectivity index (χ4n) is 1.35. The van der Waals surface area contributed by atoms with Crippen LogP contribution in [0, 0.1) is 5.82 Å². The molecule has 2 rings (SSSR count). The maximum atomic E-state index is 12.9. The highest BCUT2D eigenvalue weighted by atomic mass is 79.9. The average molecular weight is 309 g/mol. The van der Waals surface area contributed by atoms with Crippen LogP contribution in [0.25, 0.3) is 11.3 Å². The molecule has 0 saturated carbocycles. The minimum Gasteiger partial charge on any atom is -0.398 e. The van der Waals surface area contributed by atoms with Crippen LogP contribution in [0.4, 0.5) is 10.1 Å². The Morgan fingerprint density at radius 2 is 1.89 bits per heavy atom. The summed E-state index contributed by atoms with van der Waals surface area (Å²) >= 11 is 3.38. The number of hydrogen-bond acceptors (Lipinski definition) is 3. The van der Waals surface area contributed by atoms with Gasteiger partial charge < -0.3 is 5.73 Å². The summed E-state index contributed by atoms with van der Waals surface area (Å²) in [5.41, 5.74) is 7.66. The van der Waals surface area contributed by atoms with E-state index in [1.165, 1.54) is 18.5 Å². The van der Waals surface area contributed by atoms with Crippen molar-refractivity contribution in [2.45, 2.75) is 0 Å². The van der Waals surface area contributed by atoms with Crippen molar-refractivity contribution in [2.24, 2.45) is 0 Å². The molecule has 0 unspecified atom stereocenters. The number of benzene rings is 1. The lowest BCUT2D eigenvalue weighted by atomic mass is 10.1. The molecule has 1 aromatic carbocycles. The summed E-state index contributed by atoms with van der Waals surface area (Å²) < 4.78 is 13.5. The van der Waals surface area contributed by atoms with Gasteiger partial charge in [-0.15, -0.1) is 0 Å². The Bertz CT molecular complexity index is 593. The maximum Gasteiger partial charge on any atom is 0.123 e. The van der Waals surface area contributed by atoms with E-state index < -0.39 is 0 Å². The first-order valence-electron chi connectivity index (χ1n) is 5.11. The lowest BCUT2D eigenvalue weighted by Gasteiger charge is -2.02. The topological polar surface area (TPSA) is 67.6 Å². The Hall–Kier alpha value is -1.95. The van der Waals surface area contributed by atoms with Gasteiger partial charge in [0.2, 0.25) is 0 Å². The molecule has 0 atom stereocenters. The molecule has 0 fully saturated rings. The molecule has 0 bridgehead atoms. The number of H-pyrrole nitrogens is 1. The smallest absolute Gasteiger partial charge is 0.123 e. The van der Waals surface area contributed by atoms with Gasteiger partial charge >= 0.3 is 0 Å². The molecule has 2 aromatic rings. The third-order valence-corrected chi connectivity index (χ3v) is 3.06. The molecule has 0 amide bonds. The fraction of sp³-hybridized carbons (Fsp3) is 0. The van der Waals surface area contributed by atoms with Crippen LogP contribution in [0.2, 0.25) is 0 Å². The molecule has 0 aliphatic rings. The van der Waals surface area contributed by atoms with E-state index in [-0.39, 0.29) is 5.82 Å². The number of anilines is 1. The van der Waals surface area contributed by atoms with E-state index in [9.17, 15) is 4.39 Å². The molecule has 3 N–H and O–H groups in total. The van der Waals surface area contributed by atoms with Crippen molar-refractivity contribution in [3.63, 3.8) is 0 Å². The van der Waals surface area contributed by atoms with Crippen LogP contribution in [0.3, 0.4) is 0 Å². The van der Waals surface area contributed by atoms with Crippen LogP contribution in [-0.4, -0.2) is 15.2 Å². The summed E-state index contributed by atoms with van der Waals surface area (Å²) in [7, 11) is 0. The molecule has 0 aliphatic heterocycles. The van der Waals surface area contributed by atoms with E-state index in [0.29, 0.717) is 15.9 Å². The van der Waals surface area contributed by atoms with Crippen LogP contribution >= 0.6 is 15.9 Å². The minimum absolute atomic E-state index is 0.301. The molecular formula is C12H10BrFN4. The third-order valence-electron chi connectivity index (χ3n) is 2.23. The van der Waals surface area contributed by atoms with Crippen LogP contribution in [0.15, 0.2) is 47.3 Å². The van der Waals surface area contributed by atoms with Crippen LogP contribution < -0.4 is 5.73 Å². The largest absolute Gasteiger partial charge is 0.398 e. The molecule has 1 heterocycles. The Morgan fingerprint density at radius 1 is 1.17 bits per heavy atom. The van der Waals surface area contributed by atoms with Gasteiger partial charge in [-0.2, -0.15) is 5.10 Å². The molecule has 0 spiro atoms. The molecule has 0 aliphatic carbocycles. The second-order valence-corrected chi connectivity index (χ2v) is 4.25. The number of aromatic nitrogens is 3. The molecule has 0 saturated heterocycles. The van der Waals surface area contributed by atoms with Gasteiger partial charge in [0.15, 0.2) is 0 Å². The Kier molecular flexibility index (Phi) is 3.88. The quantitative estimate of drug-likeness (QED) is 0.850. The van der Waals surface area contributed by atoms with Crippen molar-refractivity contribution in [1.29, 1.82) is 0 Å². The zero-order valence-corrected chi connectivity index (χ0v) is 10.9. The summed E-state index contributed by atoms with van der Waals surface area (Å²) in [5, 5.41) is 6.82. The number of nitrogens with one attached hydrogen (secondary N) is 1. The summed E-state index contributed by atoms with van der Waals surface area (Å²) in [4.78, 5) is 3.90. The summed E-state index contributed by atoms with van der Waals surface area (Å²) in [5.74, 6) is -0.301. The molecule has 18 heavy (non-hydrogen) atoms. The number of rotatable bonds is 1. The Balaban J connectivity index is 2.67. The highest BCUT2D eigenvalue weighted by Gasteiger charge is 2.05. The monoisotopic (exact) mass is 308 g/mol. The van der Waals surface area contributed by atoms with E-state index in [0.717, 1.165) is 5.56 Å². The number of halogens is 2. The van der Waals surface area contributed by atoms with Crippen LogP contribution in [-0.2, 0) is 0 Å². The summed E-state index contributed by atoms with van der Waals surface area (Å²) in [6.07, 6.45) is 2.98. The minimum atomic E-state index is -0.301. The second kappa shape index (κ2) is 5.59. The van der Waals surface area contributed by atoms with Crippen molar-refractivity contribution in [2.75, 3.05) is 5.73 Å². The zero-order valence-electron chi connectivity index (χ0n) is 9.27. The van der Waals surface area contributed by atoms with Gasteiger partial charge in [0.05, 0.1) is 4.47 Å². The number of nitrogens with zero attached hydrogens (tertiary/aromatic N) is 2. The van der Waals surface area contributed by atoms with Gasteiger partial charge in [-0.05, 0) is 46.3 Å². The van der Waals surface area contributed by atoms with Crippen molar-refractivity contribution < 1.29 is 4.39 Å². The highest BCUT2D eigenvalue weighted by molar-refractivity contribution is 9.10. The third kappa shape index (κ3) is 2.84. The SMILES string of the molecule is Nc1ccnc[nH]nc(-c2ccc(F)cc2)c1Br. The predicted molar refractivity (Wildman–Crippen MR) is 71.5 cm³/mol. The lowest BCUT2D eigenvalue weighted by Crippen LogP contribution is -1.89. The Morgan fingerprint density at radius 3 is 2.61 bits per heavy atom. The van der Waals surface area contributed by atoms with Crippen molar-refractivity contribution >= 4 is 21.6 Å². The number of nitrogens with two attached hydrogens (primary N) is 1. The van der Waals surface area contributed by atoms with E-state index >= 15 is 0 Å². The molecule has 6 heteroatoms. The van der Waals surface area contributed by atoms with E-state index in [4.69, 9.17) is 5.73 Å². The molecule has 92 valence electrons. The Labute approximate surface area is 112 Å². The van der Waals surface area contributed by atoms with Gasteiger partial charge in [-0.25, -0.2) is 9.37 Å². The van der Waals surface area contributed by atoms with Gasteiger partial charge in [0.25, 0.3) is 0 Å². The van der Waals surface area contributed by atoms with Gasteiger partial charge in [0.1, 0.15) is 17.8 Å². The van der Waals surface area contributed by atoms with Gasteiger partial charge in [-0.3, -0.25) is 5.10 Å². The number of hydrogen-bond donors (Lipinski definition) is 2. The van der Waals surface area contributed by atoms with Crippen LogP contribution in [0.5, 0.6) is 0 Å². The van der Waals surface area contributed by atoms with E-state index in [1.54, 1.807) is 24.4 Å². The van der Waals surface area contributed by atoms with Gasteiger partial charge in [0, 0.05) is 17.4 Å². The standard InChI is InChI=1S/C12H10BrFN4/c13-11-10(15)5-6-16-7-17-18-12(11)8-1-3-9(14)4-2-8/h1-7H,15H2,(H,16,17). The average Bonchev–Trinajstić information content (AvgIpc) is 2.45. The van der Waals surface area contributed by atoms with E-state index in [1.807, 2.05) is 0 Å². The maximum absolute atomic E-state index is 12.9. The van der Waals surface area contributed by atoms with Crippen LogP contribution in [0.1, 0.15) is 0 Å².